The van der Waals surface area contributed by atoms with E-state index in [2.05, 4.69) is 0 Å². The van der Waals surface area contributed by atoms with E-state index in [0.717, 1.165) is 6.07 Å². The Bertz CT molecular complexity index is 1740. The zero-order chi connectivity index (χ0) is 37.0. The highest BCUT2D eigenvalue weighted by Crippen LogP contribution is 2.39. The van der Waals surface area contributed by atoms with E-state index in [-0.39, 0.29) is 28.4 Å². The van der Waals surface area contributed by atoms with E-state index in [1.54, 1.807) is 0 Å². The van der Waals surface area contributed by atoms with Crippen LogP contribution >= 0.6 is 0 Å². The van der Waals surface area contributed by atoms with Gasteiger partial charge in [-0.3, -0.25) is 4.79 Å². The number of phenols is 2. The molecule has 3 saturated heterocycles. The smallest absolute Gasteiger partial charge is 0.239 e. The second kappa shape index (κ2) is 14.4. The first-order chi connectivity index (χ1) is 24.1. The molecule has 3 fully saturated rings. The van der Waals surface area contributed by atoms with Crippen LogP contribution in [0.3, 0.4) is 0 Å². The van der Waals surface area contributed by atoms with E-state index in [1.807, 2.05) is 0 Å². The lowest BCUT2D eigenvalue weighted by molar-refractivity contribution is -0.226. The molecule has 18 nitrogen and oxygen atoms in total. The molecule has 0 aliphatic carbocycles. The predicted octanol–water partition coefficient (Wildman–Crippen LogP) is -1.86. The molecule has 1 aromatic heterocycles. The molecule has 15 atom stereocenters. The predicted molar refractivity (Wildman–Crippen MR) is 168 cm³/mol. The van der Waals surface area contributed by atoms with E-state index in [0.29, 0.717) is 0 Å². The molecule has 10 N–H and O–H groups in total. The maximum atomic E-state index is 13.9. The molecule has 15 unspecified atom stereocenters. The van der Waals surface area contributed by atoms with Gasteiger partial charge in [0.05, 0.1) is 18.3 Å². The van der Waals surface area contributed by atoms with Crippen LogP contribution in [0.25, 0.3) is 22.3 Å². The number of benzene rings is 2. The van der Waals surface area contributed by atoms with Crippen LogP contribution in [0.1, 0.15) is 20.8 Å². The molecule has 0 spiro atoms. The normalized spacial score (nSPS) is 35.6. The summed E-state index contributed by atoms with van der Waals surface area (Å²) in [7, 11) is 0. The summed E-state index contributed by atoms with van der Waals surface area (Å²) in [6.45, 7) is 4.14. The van der Waals surface area contributed by atoms with Crippen molar-refractivity contribution < 1.29 is 83.9 Å². The molecular formula is C33H40O18. The Balaban J connectivity index is 1.27. The van der Waals surface area contributed by atoms with Crippen molar-refractivity contribution in [1.82, 2.24) is 0 Å². The Hall–Kier alpha value is -3.63. The number of hydrogen-bond donors (Lipinski definition) is 10. The third-order valence-electron chi connectivity index (χ3n) is 9.05. The van der Waals surface area contributed by atoms with Crippen molar-refractivity contribution >= 4 is 11.0 Å². The van der Waals surface area contributed by atoms with Crippen molar-refractivity contribution in [2.45, 2.75) is 113 Å². The fraction of sp³-hybridized carbons (Fsp3) is 0.545. The summed E-state index contributed by atoms with van der Waals surface area (Å²) in [5.74, 6) is -1.76. The Morgan fingerprint density at radius 1 is 0.667 bits per heavy atom. The summed E-state index contributed by atoms with van der Waals surface area (Å²) >= 11 is 0. The van der Waals surface area contributed by atoms with Gasteiger partial charge in [0.2, 0.25) is 23.8 Å². The second-order valence-corrected chi connectivity index (χ2v) is 12.9. The van der Waals surface area contributed by atoms with Gasteiger partial charge in [-0.25, -0.2) is 0 Å². The molecule has 0 radical (unpaired) electrons. The average molecular weight is 725 g/mol. The summed E-state index contributed by atoms with van der Waals surface area (Å²) in [5.41, 5.74) is -0.988. The minimum absolute atomic E-state index is 0.112. The van der Waals surface area contributed by atoms with Crippen LogP contribution in [-0.2, 0) is 18.9 Å². The lowest BCUT2D eigenvalue weighted by Gasteiger charge is -2.26. The first-order valence-electron chi connectivity index (χ1n) is 16.1. The van der Waals surface area contributed by atoms with Gasteiger partial charge < -0.3 is 83.9 Å². The van der Waals surface area contributed by atoms with Gasteiger partial charge in [-0.05, 0) is 45.0 Å². The standard InChI is InChI=1S/C33H40O18/c1-10(34)26-20(39)23(42)31(48-26)45-12(3)28-22(41)25(44)32(50-28)46-15-8-16(37)18-17(9-15)47-29(13-4-6-14(36)7-5-13)30(19(18)38)51-33-24(43)21(40)27(49-33)11(2)35/h4-12,20-28,31-37,39-44H,1-3H3. The van der Waals surface area contributed by atoms with Gasteiger partial charge >= 0.3 is 0 Å². The zero-order valence-corrected chi connectivity index (χ0v) is 27.4. The average Bonchev–Trinajstić information content (AvgIpc) is 3.64. The number of aromatic hydroxyl groups is 2. The molecule has 3 aliphatic rings. The van der Waals surface area contributed by atoms with Gasteiger partial charge in [0, 0.05) is 17.7 Å². The minimum atomic E-state index is -1.69. The van der Waals surface area contributed by atoms with E-state index < -0.39 is 114 Å². The van der Waals surface area contributed by atoms with E-state index >= 15 is 0 Å². The highest BCUT2D eigenvalue weighted by Gasteiger charge is 2.51. The van der Waals surface area contributed by atoms with Gasteiger partial charge in [0.15, 0.2) is 12.1 Å². The Labute approximate surface area is 288 Å². The number of fused-ring (bicyclic) bond motifs is 1. The van der Waals surface area contributed by atoms with Gasteiger partial charge in [-0.2, -0.15) is 0 Å². The molecule has 2 aromatic carbocycles. The fourth-order valence-corrected chi connectivity index (χ4v) is 6.28. The summed E-state index contributed by atoms with van der Waals surface area (Å²) in [5, 5.41) is 103. The Morgan fingerprint density at radius 3 is 1.75 bits per heavy atom. The van der Waals surface area contributed by atoms with Crippen LogP contribution in [0.4, 0.5) is 0 Å². The molecule has 0 saturated carbocycles. The molecule has 3 aromatic rings. The molecule has 0 amide bonds. The minimum Gasteiger partial charge on any atom is -0.508 e. The lowest BCUT2D eigenvalue weighted by atomic mass is 10.1. The molecule has 0 bridgehead atoms. The van der Waals surface area contributed by atoms with E-state index in [4.69, 9.17) is 32.8 Å². The quantitative estimate of drug-likeness (QED) is 0.110. The van der Waals surface area contributed by atoms with E-state index in [1.165, 1.54) is 51.1 Å². The SMILES string of the molecule is CC(O)C1OC(Oc2c(-c3ccc(O)cc3)oc3cc(OC4OC(C(C)OC5OC(C(C)O)C(O)C5O)C(O)C4O)cc(O)c3c2=O)C(O)C1O. The van der Waals surface area contributed by atoms with Crippen LogP contribution in [0.2, 0.25) is 0 Å². The van der Waals surface area contributed by atoms with Crippen molar-refractivity contribution in [2.75, 3.05) is 0 Å². The van der Waals surface area contributed by atoms with Gasteiger partial charge in [-0.1, -0.05) is 0 Å². The second-order valence-electron chi connectivity index (χ2n) is 12.9. The summed E-state index contributed by atoms with van der Waals surface area (Å²) in [6, 6.07) is 7.57. The summed E-state index contributed by atoms with van der Waals surface area (Å²) in [6.07, 6.45) is -21.1. The zero-order valence-electron chi connectivity index (χ0n) is 27.4. The van der Waals surface area contributed by atoms with Crippen LogP contribution in [0, 0.1) is 0 Å². The number of aliphatic hydroxyl groups is 8. The molecule has 4 heterocycles. The first kappa shape index (κ1) is 37.1. The molecule has 51 heavy (non-hydrogen) atoms. The van der Waals surface area contributed by atoms with Crippen molar-refractivity contribution in [3.8, 4) is 34.3 Å². The van der Waals surface area contributed by atoms with Crippen molar-refractivity contribution in [3.63, 3.8) is 0 Å². The van der Waals surface area contributed by atoms with Crippen LogP contribution in [0.5, 0.6) is 23.0 Å². The lowest BCUT2D eigenvalue weighted by Crippen LogP contribution is -2.43. The van der Waals surface area contributed by atoms with Crippen molar-refractivity contribution in [1.29, 1.82) is 0 Å². The molecule has 280 valence electrons. The molecule has 6 rings (SSSR count). The maximum Gasteiger partial charge on any atom is 0.239 e. The fourth-order valence-electron chi connectivity index (χ4n) is 6.28. The van der Waals surface area contributed by atoms with E-state index in [9.17, 15) is 55.9 Å². The first-order valence-corrected chi connectivity index (χ1v) is 16.1. The van der Waals surface area contributed by atoms with Gasteiger partial charge in [0.25, 0.3) is 0 Å². The van der Waals surface area contributed by atoms with Crippen LogP contribution in [0.15, 0.2) is 45.6 Å². The molecule has 18 heteroatoms. The number of rotatable bonds is 10. The highest BCUT2D eigenvalue weighted by molar-refractivity contribution is 5.88. The Morgan fingerprint density at radius 2 is 1.18 bits per heavy atom. The Kier molecular flexibility index (Phi) is 10.5. The number of ether oxygens (including phenoxy) is 6. The summed E-state index contributed by atoms with van der Waals surface area (Å²) < 4.78 is 39.8. The van der Waals surface area contributed by atoms with Crippen molar-refractivity contribution in [2.24, 2.45) is 0 Å². The van der Waals surface area contributed by atoms with Gasteiger partial charge in [0.1, 0.15) is 83.2 Å². The maximum absolute atomic E-state index is 13.9. The van der Waals surface area contributed by atoms with Crippen LogP contribution < -0.4 is 14.9 Å². The number of hydrogen-bond acceptors (Lipinski definition) is 18. The van der Waals surface area contributed by atoms with Gasteiger partial charge in [-0.15, -0.1) is 0 Å². The molecule has 3 aliphatic heterocycles. The highest BCUT2D eigenvalue weighted by atomic mass is 16.7. The number of phenolic OH excluding ortho intramolecular Hbond substituents is 2. The monoisotopic (exact) mass is 724 g/mol. The van der Waals surface area contributed by atoms with Crippen molar-refractivity contribution in [3.05, 3.63) is 46.6 Å². The number of aliphatic hydroxyl groups excluding tert-OH is 8. The largest absolute Gasteiger partial charge is 0.508 e. The third kappa shape index (κ3) is 6.98. The topological polar surface area (TPSA) is 288 Å². The third-order valence-corrected chi connectivity index (χ3v) is 9.05. The van der Waals surface area contributed by atoms with Crippen LogP contribution in [-0.4, -0.2) is 143 Å². The summed E-state index contributed by atoms with van der Waals surface area (Å²) in [4.78, 5) is 13.9. The molecular weight excluding hydrogens is 684 g/mol.